The summed E-state index contributed by atoms with van der Waals surface area (Å²) in [5, 5.41) is 3.47. The van der Waals surface area contributed by atoms with Gasteiger partial charge in [0.25, 0.3) is 0 Å². The minimum absolute atomic E-state index is 0.000118. The Morgan fingerprint density at radius 3 is 1.88 bits per heavy atom. The fourth-order valence-corrected chi connectivity index (χ4v) is 4.51. The van der Waals surface area contributed by atoms with E-state index in [0.717, 1.165) is 19.4 Å². The summed E-state index contributed by atoms with van der Waals surface area (Å²) in [6, 6.07) is 20.9. The second-order valence-corrected chi connectivity index (χ2v) is 8.82. The molecular weight excluding hydrogens is 398 g/mol. The molecule has 0 aliphatic heterocycles. The van der Waals surface area contributed by atoms with E-state index in [-0.39, 0.29) is 24.4 Å². The van der Waals surface area contributed by atoms with Crippen LogP contribution in [0.1, 0.15) is 63.0 Å². The summed E-state index contributed by atoms with van der Waals surface area (Å²) in [5.41, 5.74) is 2.39. The lowest BCUT2D eigenvalue weighted by Gasteiger charge is -2.27. The van der Waals surface area contributed by atoms with Crippen LogP contribution in [0.25, 0.3) is 0 Å². The van der Waals surface area contributed by atoms with E-state index in [1.807, 2.05) is 19.2 Å². The third kappa shape index (κ3) is 8.00. The Kier molecular flexibility index (Phi) is 11.2. The molecule has 4 heteroatoms. The van der Waals surface area contributed by atoms with Gasteiger partial charge in [-0.3, -0.25) is 0 Å². The quantitative estimate of drug-likeness (QED) is 0.351. The predicted octanol–water partition coefficient (Wildman–Crippen LogP) is 5.89. The first kappa shape index (κ1) is 24.9. The summed E-state index contributed by atoms with van der Waals surface area (Å²) in [4.78, 5) is 0. The highest BCUT2D eigenvalue weighted by Gasteiger charge is 2.44. The van der Waals surface area contributed by atoms with E-state index in [1.165, 1.54) is 43.2 Å². The van der Waals surface area contributed by atoms with Crippen LogP contribution in [0.15, 0.2) is 60.7 Å². The fraction of sp³-hybridized carbons (Fsp3) is 0.571. The summed E-state index contributed by atoms with van der Waals surface area (Å²) < 4.78 is 19.2. The van der Waals surface area contributed by atoms with Gasteiger partial charge in [-0.15, -0.1) is 0 Å². The van der Waals surface area contributed by atoms with Crippen molar-refractivity contribution in [2.45, 2.75) is 89.4 Å². The first-order valence-corrected chi connectivity index (χ1v) is 12.4. The highest BCUT2D eigenvalue weighted by Crippen LogP contribution is 2.30. The van der Waals surface area contributed by atoms with Crippen molar-refractivity contribution in [2.24, 2.45) is 0 Å². The molecule has 1 N–H and O–H groups in total. The van der Waals surface area contributed by atoms with E-state index in [0.29, 0.717) is 13.2 Å². The largest absolute Gasteiger partial charge is 0.374 e. The molecule has 1 aliphatic rings. The summed E-state index contributed by atoms with van der Waals surface area (Å²) in [7, 11) is 2.00. The Morgan fingerprint density at radius 2 is 1.28 bits per heavy atom. The molecule has 0 bridgehead atoms. The van der Waals surface area contributed by atoms with Gasteiger partial charge in [0.2, 0.25) is 0 Å². The normalized spacial score (nSPS) is 22.9. The summed E-state index contributed by atoms with van der Waals surface area (Å²) in [6.07, 6.45) is 8.52. The monoisotopic (exact) mass is 439 g/mol. The Morgan fingerprint density at radius 1 is 0.719 bits per heavy atom. The second kappa shape index (κ2) is 14.4. The molecule has 1 aliphatic carbocycles. The molecule has 0 aromatic heterocycles. The standard InChI is InChI=1S/C28H41NO3/c1-3-4-5-6-7-14-19-30-28-26(32-22-24-17-12-9-13-18-24)20-25(27(28)29-2)31-21-23-15-10-8-11-16-23/h8-13,15-18,25-29H,3-7,14,19-22H2,1-2H3. The molecule has 0 spiro atoms. The molecule has 32 heavy (non-hydrogen) atoms. The van der Waals surface area contributed by atoms with E-state index in [1.54, 1.807) is 0 Å². The van der Waals surface area contributed by atoms with Gasteiger partial charge in [0.1, 0.15) is 6.10 Å². The first-order valence-electron chi connectivity index (χ1n) is 12.4. The van der Waals surface area contributed by atoms with Crippen LogP contribution < -0.4 is 5.32 Å². The molecule has 0 saturated heterocycles. The lowest BCUT2D eigenvalue weighted by molar-refractivity contribution is -0.0715. The Labute approximate surface area is 194 Å². The molecule has 1 saturated carbocycles. The minimum Gasteiger partial charge on any atom is -0.374 e. The number of rotatable bonds is 15. The highest BCUT2D eigenvalue weighted by molar-refractivity contribution is 5.14. The van der Waals surface area contributed by atoms with Gasteiger partial charge in [-0.2, -0.15) is 0 Å². The zero-order valence-corrected chi connectivity index (χ0v) is 19.9. The fourth-order valence-electron chi connectivity index (χ4n) is 4.51. The molecule has 3 rings (SSSR count). The lowest BCUT2D eigenvalue weighted by atomic mass is 10.1. The summed E-state index contributed by atoms with van der Waals surface area (Å²) >= 11 is 0. The lowest BCUT2D eigenvalue weighted by Crippen LogP contribution is -2.45. The number of ether oxygens (including phenoxy) is 3. The SMILES string of the molecule is CCCCCCCCOC1C(OCc2ccccc2)CC(OCc2ccccc2)C1NC. The third-order valence-electron chi connectivity index (χ3n) is 6.34. The van der Waals surface area contributed by atoms with Gasteiger partial charge < -0.3 is 19.5 Å². The Hall–Kier alpha value is -1.72. The molecule has 4 nitrogen and oxygen atoms in total. The number of benzene rings is 2. The van der Waals surface area contributed by atoms with Crippen LogP contribution >= 0.6 is 0 Å². The highest BCUT2D eigenvalue weighted by atomic mass is 16.6. The Bertz CT molecular complexity index is 724. The van der Waals surface area contributed by atoms with Gasteiger partial charge in [0, 0.05) is 13.0 Å². The number of hydrogen-bond donors (Lipinski definition) is 1. The number of unbranched alkanes of at least 4 members (excludes halogenated alkanes) is 5. The van der Waals surface area contributed by atoms with E-state index in [4.69, 9.17) is 14.2 Å². The van der Waals surface area contributed by atoms with E-state index in [2.05, 4.69) is 60.8 Å². The van der Waals surface area contributed by atoms with Gasteiger partial charge in [0.05, 0.1) is 31.5 Å². The molecular formula is C28H41NO3. The van der Waals surface area contributed by atoms with Crippen LogP contribution in [0.3, 0.4) is 0 Å². The topological polar surface area (TPSA) is 39.7 Å². The third-order valence-corrected chi connectivity index (χ3v) is 6.34. The minimum atomic E-state index is 0.000118. The van der Waals surface area contributed by atoms with Crippen LogP contribution in [-0.4, -0.2) is 38.0 Å². The van der Waals surface area contributed by atoms with E-state index >= 15 is 0 Å². The van der Waals surface area contributed by atoms with E-state index < -0.39 is 0 Å². The van der Waals surface area contributed by atoms with Crippen LogP contribution in [0.5, 0.6) is 0 Å². The maximum absolute atomic E-state index is 6.43. The number of hydrogen-bond acceptors (Lipinski definition) is 4. The van der Waals surface area contributed by atoms with Gasteiger partial charge in [0.15, 0.2) is 0 Å². The summed E-state index contributed by atoms with van der Waals surface area (Å²) in [5.74, 6) is 0. The van der Waals surface area contributed by atoms with Crippen molar-refractivity contribution in [3.63, 3.8) is 0 Å². The number of likely N-dealkylation sites (N-methyl/N-ethyl adjacent to an activating group) is 1. The molecule has 0 heterocycles. The van der Waals surface area contributed by atoms with Crippen molar-refractivity contribution in [3.8, 4) is 0 Å². The van der Waals surface area contributed by atoms with Crippen molar-refractivity contribution in [1.29, 1.82) is 0 Å². The molecule has 4 unspecified atom stereocenters. The maximum Gasteiger partial charge on any atom is 0.101 e. The van der Waals surface area contributed by atoms with Gasteiger partial charge in [-0.25, -0.2) is 0 Å². The predicted molar refractivity (Wildman–Crippen MR) is 131 cm³/mol. The molecule has 1 fully saturated rings. The molecule has 176 valence electrons. The van der Waals surface area contributed by atoms with Crippen LogP contribution in [0, 0.1) is 0 Å². The smallest absolute Gasteiger partial charge is 0.101 e. The van der Waals surface area contributed by atoms with Crippen molar-refractivity contribution in [3.05, 3.63) is 71.8 Å². The molecule has 2 aromatic carbocycles. The molecule has 2 aromatic rings. The van der Waals surface area contributed by atoms with Crippen LogP contribution in [0.4, 0.5) is 0 Å². The van der Waals surface area contributed by atoms with Crippen LogP contribution in [-0.2, 0) is 27.4 Å². The molecule has 0 amide bonds. The zero-order valence-electron chi connectivity index (χ0n) is 19.9. The second-order valence-electron chi connectivity index (χ2n) is 8.82. The molecule has 4 atom stereocenters. The van der Waals surface area contributed by atoms with Crippen LogP contribution in [0.2, 0.25) is 0 Å². The zero-order chi connectivity index (χ0) is 22.4. The van der Waals surface area contributed by atoms with Gasteiger partial charge in [-0.1, -0.05) is 99.7 Å². The van der Waals surface area contributed by atoms with Gasteiger partial charge >= 0.3 is 0 Å². The maximum atomic E-state index is 6.43. The van der Waals surface area contributed by atoms with Gasteiger partial charge in [-0.05, 0) is 24.6 Å². The van der Waals surface area contributed by atoms with Crippen molar-refractivity contribution in [2.75, 3.05) is 13.7 Å². The van der Waals surface area contributed by atoms with Crippen molar-refractivity contribution in [1.82, 2.24) is 5.32 Å². The average molecular weight is 440 g/mol. The average Bonchev–Trinajstić information content (AvgIpc) is 3.18. The number of nitrogens with one attached hydrogen (secondary N) is 1. The van der Waals surface area contributed by atoms with Crippen molar-refractivity contribution >= 4 is 0 Å². The van der Waals surface area contributed by atoms with E-state index in [9.17, 15) is 0 Å². The van der Waals surface area contributed by atoms with Crippen molar-refractivity contribution < 1.29 is 14.2 Å². The Balaban J connectivity index is 1.55. The first-order chi connectivity index (χ1) is 15.8. The summed E-state index contributed by atoms with van der Waals surface area (Å²) in [6.45, 7) is 4.25. The molecule has 0 radical (unpaired) electrons.